The molecule has 2 aromatic rings. The van der Waals surface area contributed by atoms with Gasteiger partial charge in [0.15, 0.2) is 11.2 Å². The van der Waals surface area contributed by atoms with Crippen LogP contribution in [0.5, 0.6) is 0 Å². The van der Waals surface area contributed by atoms with Crippen molar-refractivity contribution >= 4 is 17.1 Å². The van der Waals surface area contributed by atoms with E-state index < -0.39 is 24.0 Å². The van der Waals surface area contributed by atoms with Crippen molar-refractivity contribution in [3.63, 3.8) is 0 Å². The van der Waals surface area contributed by atoms with Gasteiger partial charge in [0.1, 0.15) is 12.3 Å². The van der Waals surface area contributed by atoms with Gasteiger partial charge in [-0.3, -0.25) is 14.3 Å². The summed E-state index contributed by atoms with van der Waals surface area (Å²) >= 11 is 0. The molecule has 9 nitrogen and oxygen atoms in total. The maximum absolute atomic E-state index is 11.8. The van der Waals surface area contributed by atoms with Gasteiger partial charge in [0.2, 0.25) is 5.95 Å². The summed E-state index contributed by atoms with van der Waals surface area (Å²) in [6, 6.07) is 0. The number of nitrogens with two attached hydrogens (primary N) is 1. The number of nitrogens with one attached hydrogen (secondary N) is 1. The molecule has 0 amide bonds. The number of hydrogen-bond donors (Lipinski definition) is 3. The Labute approximate surface area is 126 Å². The van der Waals surface area contributed by atoms with Crippen molar-refractivity contribution in [3.8, 4) is 0 Å². The molecule has 3 rings (SSSR count). The molecule has 0 unspecified atom stereocenters. The second-order valence-corrected chi connectivity index (χ2v) is 5.59. The number of aliphatic hydroxyl groups excluding tert-OH is 1. The Morgan fingerprint density at radius 3 is 3.14 bits per heavy atom. The van der Waals surface area contributed by atoms with Crippen molar-refractivity contribution in [2.45, 2.75) is 44.8 Å². The van der Waals surface area contributed by atoms with E-state index in [1.54, 1.807) is 4.57 Å². The first-order valence-corrected chi connectivity index (χ1v) is 7.13. The van der Waals surface area contributed by atoms with E-state index in [1.165, 1.54) is 6.33 Å². The molecule has 3 heterocycles. The SMILES string of the molecule is CC(C)OC[C@H]1O[C@@H](n2cnc3c(=O)[nH]c(N)nc32)C[C@@H]1O. The monoisotopic (exact) mass is 309 g/mol. The molecular formula is C13H19N5O4. The molecule has 2 aromatic heterocycles. The summed E-state index contributed by atoms with van der Waals surface area (Å²) in [5, 5.41) is 10.1. The van der Waals surface area contributed by atoms with Crippen LogP contribution in [0.2, 0.25) is 0 Å². The summed E-state index contributed by atoms with van der Waals surface area (Å²) in [5.74, 6) is 0.0116. The Balaban J connectivity index is 1.85. The standard InChI is InChI=1S/C13H19N5O4/c1-6(2)21-4-8-7(19)3-9(22-8)18-5-15-10-11(18)16-13(14)17-12(10)20/h5-9,19H,3-4H2,1-2H3,(H3,14,16,17,20)/t7-,8+,9+/m0/s1. The fourth-order valence-electron chi connectivity index (χ4n) is 2.48. The van der Waals surface area contributed by atoms with Crippen molar-refractivity contribution < 1.29 is 14.6 Å². The van der Waals surface area contributed by atoms with E-state index in [1.807, 2.05) is 13.8 Å². The highest BCUT2D eigenvalue weighted by Gasteiger charge is 2.36. The molecule has 0 saturated carbocycles. The zero-order valence-corrected chi connectivity index (χ0v) is 12.4. The van der Waals surface area contributed by atoms with E-state index in [-0.39, 0.29) is 17.6 Å². The number of aromatic amines is 1. The lowest BCUT2D eigenvalue weighted by atomic mass is 10.2. The van der Waals surface area contributed by atoms with E-state index in [9.17, 15) is 9.90 Å². The van der Waals surface area contributed by atoms with Crippen LogP contribution in [-0.2, 0) is 9.47 Å². The van der Waals surface area contributed by atoms with E-state index >= 15 is 0 Å². The number of fused-ring (bicyclic) bond motifs is 1. The number of anilines is 1. The minimum absolute atomic E-state index is 0.0116. The summed E-state index contributed by atoms with van der Waals surface area (Å²) in [4.78, 5) is 22.3. The van der Waals surface area contributed by atoms with Crippen LogP contribution < -0.4 is 11.3 Å². The Bertz CT molecular complexity index is 725. The number of nitrogens with zero attached hydrogens (tertiary/aromatic N) is 3. The van der Waals surface area contributed by atoms with Gasteiger partial charge in [0.05, 0.1) is 25.1 Å². The van der Waals surface area contributed by atoms with Crippen LogP contribution in [0.4, 0.5) is 5.95 Å². The van der Waals surface area contributed by atoms with Crippen molar-refractivity contribution in [1.82, 2.24) is 19.5 Å². The van der Waals surface area contributed by atoms with Crippen LogP contribution in [-0.4, -0.2) is 49.5 Å². The molecule has 0 spiro atoms. The van der Waals surface area contributed by atoms with Crippen LogP contribution in [0, 0.1) is 0 Å². The maximum atomic E-state index is 11.8. The Morgan fingerprint density at radius 1 is 1.64 bits per heavy atom. The van der Waals surface area contributed by atoms with Gasteiger partial charge in [0.25, 0.3) is 5.56 Å². The summed E-state index contributed by atoms with van der Waals surface area (Å²) in [6.07, 6.45) is 0.352. The molecular weight excluding hydrogens is 290 g/mol. The van der Waals surface area contributed by atoms with E-state index in [0.717, 1.165) is 0 Å². The number of aromatic nitrogens is 4. The van der Waals surface area contributed by atoms with Gasteiger partial charge in [-0.05, 0) is 13.8 Å². The summed E-state index contributed by atoms with van der Waals surface area (Å²) in [6.45, 7) is 4.14. The van der Waals surface area contributed by atoms with Crippen LogP contribution >= 0.6 is 0 Å². The average Bonchev–Trinajstić information content (AvgIpc) is 3.00. The lowest BCUT2D eigenvalue weighted by Gasteiger charge is -2.17. The second-order valence-electron chi connectivity index (χ2n) is 5.59. The first-order valence-electron chi connectivity index (χ1n) is 7.13. The number of ether oxygens (including phenoxy) is 2. The predicted molar refractivity (Wildman–Crippen MR) is 78.2 cm³/mol. The van der Waals surface area contributed by atoms with Gasteiger partial charge in [-0.1, -0.05) is 0 Å². The third-order valence-electron chi connectivity index (χ3n) is 3.56. The Kier molecular flexibility index (Phi) is 3.85. The molecule has 1 fully saturated rings. The minimum atomic E-state index is -0.652. The number of rotatable bonds is 4. The number of H-pyrrole nitrogens is 1. The molecule has 0 radical (unpaired) electrons. The third kappa shape index (κ3) is 2.70. The molecule has 1 saturated heterocycles. The molecule has 9 heteroatoms. The molecule has 3 atom stereocenters. The van der Waals surface area contributed by atoms with Crippen LogP contribution in [0.15, 0.2) is 11.1 Å². The highest BCUT2D eigenvalue weighted by Crippen LogP contribution is 2.30. The quantitative estimate of drug-likeness (QED) is 0.712. The lowest BCUT2D eigenvalue weighted by Crippen LogP contribution is -2.27. The molecule has 22 heavy (non-hydrogen) atoms. The molecule has 120 valence electrons. The molecule has 0 bridgehead atoms. The van der Waals surface area contributed by atoms with Gasteiger partial charge in [-0.25, -0.2) is 4.98 Å². The summed E-state index contributed by atoms with van der Waals surface area (Å²) < 4.78 is 12.9. The first kappa shape index (κ1) is 14.9. The smallest absolute Gasteiger partial charge is 0.280 e. The normalized spacial score (nSPS) is 25.4. The number of nitrogen functional groups attached to an aromatic ring is 1. The molecule has 4 N–H and O–H groups in total. The highest BCUT2D eigenvalue weighted by atomic mass is 16.6. The molecule has 0 aromatic carbocycles. The average molecular weight is 309 g/mol. The van der Waals surface area contributed by atoms with Crippen molar-refractivity contribution in [3.05, 3.63) is 16.7 Å². The van der Waals surface area contributed by atoms with E-state index in [4.69, 9.17) is 15.2 Å². The predicted octanol–water partition coefficient (Wildman–Crippen LogP) is -0.225. The van der Waals surface area contributed by atoms with Crippen LogP contribution in [0.25, 0.3) is 11.2 Å². The molecule has 1 aliphatic heterocycles. The lowest BCUT2D eigenvalue weighted by molar-refractivity contribution is -0.0729. The minimum Gasteiger partial charge on any atom is -0.390 e. The molecule has 0 aliphatic carbocycles. The second kappa shape index (κ2) is 5.67. The number of imidazole rings is 1. The van der Waals surface area contributed by atoms with Gasteiger partial charge >= 0.3 is 0 Å². The van der Waals surface area contributed by atoms with E-state index in [2.05, 4.69) is 15.0 Å². The van der Waals surface area contributed by atoms with Gasteiger partial charge < -0.3 is 20.3 Å². The van der Waals surface area contributed by atoms with Gasteiger partial charge in [-0.2, -0.15) is 4.98 Å². The van der Waals surface area contributed by atoms with Gasteiger partial charge in [0, 0.05) is 6.42 Å². The number of aliphatic hydroxyl groups is 1. The zero-order valence-electron chi connectivity index (χ0n) is 12.4. The van der Waals surface area contributed by atoms with E-state index in [0.29, 0.717) is 18.7 Å². The van der Waals surface area contributed by atoms with Gasteiger partial charge in [-0.15, -0.1) is 0 Å². The maximum Gasteiger partial charge on any atom is 0.280 e. The fourth-order valence-corrected chi connectivity index (χ4v) is 2.48. The third-order valence-corrected chi connectivity index (χ3v) is 3.56. The topological polar surface area (TPSA) is 128 Å². The van der Waals surface area contributed by atoms with Crippen molar-refractivity contribution in [2.75, 3.05) is 12.3 Å². The summed E-state index contributed by atoms with van der Waals surface area (Å²) in [5.41, 5.74) is 5.69. The first-order chi connectivity index (χ1) is 10.5. The highest BCUT2D eigenvalue weighted by molar-refractivity contribution is 5.70. The summed E-state index contributed by atoms with van der Waals surface area (Å²) in [7, 11) is 0. The molecule has 1 aliphatic rings. The van der Waals surface area contributed by atoms with Crippen LogP contribution in [0.1, 0.15) is 26.5 Å². The Hall–Kier alpha value is -1.97. The Morgan fingerprint density at radius 2 is 2.41 bits per heavy atom. The zero-order chi connectivity index (χ0) is 15.9. The fraction of sp³-hybridized carbons (Fsp3) is 0.615. The largest absolute Gasteiger partial charge is 0.390 e. The van der Waals surface area contributed by atoms with Crippen LogP contribution in [0.3, 0.4) is 0 Å². The van der Waals surface area contributed by atoms with Crippen molar-refractivity contribution in [1.29, 1.82) is 0 Å². The number of hydrogen-bond acceptors (Lipinski definition) is 7. The van der Waals surface area contributed by atoms with Crippen molar-refractivity contribution in [2.24, 2.45) is 0 Å².